The van der Waals surface area contributed by atoms with Gasteiger partial charge in [-0.2, -0.15) is 0 Å². The highest BCUT2D eigenvalue weighted by Gasteiger charge is 2.17. The van der Waals surface area contributed by atoms with E-state index in [1.807, 2.05) is 5.38 Å². The molecule has 1 unspecified atom stereocenters. The molecule has 2 rings (SSSR count). The van der Waals surface area contributed by atoms with E-state index in [4.69, 9.17) is 22.4 Å². The van der Waals surface area contributed by atoms with Crippen molar-refractivity contribution in [1.29, 1.82) is 0 Å². The Morgan fingerprint density at radius 3 is 2.70 bits per heavy atom. The summed E-state index contributed by atoms with van der Waals surface area (Å²) in [5, 5.41) is 13.5. The number of carboxylic acid groups (broad SMARTS) is 1. The van der Waals surface area contributed by atoms with E-state index in [-0.39, 0.29) is 10.6 Å². The molecule has 1 atom stereocenters. The number of carbonyl (C=O) groups excluding carboxylic acids is 1. The van der Waals surface area contributed by atoms with Crippen LogP contribution in [0.15, 0.2) is 35.7 Å². The molecule has 0 aliphatic rings. The molecule has 5 nitrogen and oxygen atoms in total. The second kappa shape index (κ2) is 6.04. The highest BCUT2D eigenvalue weighted by molar-refractivity contribution is 7.10. The fraction of sp³-hybridized carbons (Fsp3) is 0.0769. The first-order valence-corrected chi connectivity index (χ1v) is 6.87. The predicted molar refractivity (Wildman–Crippen MR) is 78.3 cm³/mol. The molecule has 0 radical (unpaired) electrons. The number of rotatable bonds is 4. The summed E-state index contributed by atoms with van der Waals surface area (Å²) < 4.78 is 0. The van der Waals surface area contributed by atoms with Crippen LogP contribution in [0.3, 0.4) is 0 Å². The number of anilines is 1. The number of hydrogen-bond donors (Lipinski definition) is 3. The van der Waals surface area contributed by atoms with Crippen LogP contribution in [0.25, 0.3) is 0 Å². The van der Waals surface area contributed by atoms with Crippen LogP contribution in [0.4, 0.5) is 5.69 Å². The highest BCUT2D eigenvalue weighted by atomic mass is 35.5. The zero-order chi connectivity index (χ0) is 14.7. The lowest BCUT2D eigenvalue weighted by molar-refractivity contribution is -0.117. The fourth-order valence-corrected chi connectivity index (χ4v) is 2.56. The maximum absolute atomic E-state index is 12.0. The molecule has 0 spiro atoms. The first kappa shape index (κ1) is 14.5. The van der Waals surface area contributed by atoms with Crippen molar-refractivity contribution in [2.24, 2.45) is 5.73 Å². The number of hydrogen-bond acceptors (Lipinski definition) is 4. The van der Waals surface area contributed by atoms with Crippen LogP contribution < -0.4 is 11.1 Å². The molecule has 104 valence electrons. The van der Waals surface area contributed by atoms with Crippen LogP contribution in [0, 0.1) is 0 Å². The summed E-state index contributed by atoms with van der Waals surface area (Å²) >= 11 is 7.19. The molecule has 0 fully saturated rings. The van der Waals surface area contributed by atoms with E-state index in [0.29, 0.717) is 5.69 Å². The normalized spacial score (nSPS) is 11.9. The predicted octanol–water partition coefficient (Wildman–Crippen LogP) is 2.74. The molecule has 1 aromatic heterocycles. The molecular weight excluding hydrogens is 300 g/mol. The van der Waals surface area contributed by atoms with Crippen molar-refractivity contribution in [3.8, 4) is 0 Å². The maximum Gasteiger partial charge on any atom is 0.335 e. The van der Waals surface area contributed by atoms with E-state index < -0.39 is 17.9 Å². The molecule has 4 N–H and O–H groups in total. The SMILES string of the molecule is NC(C(=O)Nc1cc(Cl)cc(C(=O)O)c1)c1cccs1. The van der Waals surface area contributed by atoms with Crippen molar-refractivity contribution in [1.82, 2.24) is 0 Å². The van der Waals surface area contributed by atoms with Gasteiger partial charge in [-0.15, -0.1) is 11.3 Å². The molecule has 1 heterocycles. The maximum atomic E-state index is 12.0. The van der Waals surface area contributed by atoms with Gasteiger partial charge < -0.3 is 16.2 Å². The topological polar surface area (TPSA) is 92.4 Å². The number of aromatic carboxylic acids is 1. The third-order valence-corrected chi connectivity index (χ3v) is 3.72. The van der Waals surface area contributed by atoms with Crippen LogP contribution in [0.1, 0.15) is 21.3 Å². The lowest BCUT2D eigenvalue weighted by Gasteiger charge is -2.11. The Balaban J connectivity index is 2.17. The van der Waals surface area contributed by atoms with Crippen LogP contribution in [-0.2, 0) is 4.79 Å². The van der Waals surface area contributed by atoms with E-state index in [2.05, 4.69) is 5.32 Å². The highest BCUT2D eigenvalue weighted by Crippen LogP contribution is 2.22. The molecule has 1 amide bonds. The van der Waals surface area contributed by atoms with Crippen LogP contribution in [-0.4, -0.2) is 17.0 Å². The van der Waals surface area contributed by atoms with Gasteiger partial charge in [0.2, 0.25) is 5.91 Å². The minimum atomic E-state index is -1.12. The second-order valence-corrected chi connectivity index (χ2v) is 5.43. The van der Waals surface area contributed by atoms with Gasteiger partial charge in [-0.3, -0.25) is 4.79 Å². The van der Waals surface area contributed by atoms with Crippen molar-refractivity contribution in [2.45, 2.75) is 6.04 Å². The molecule has 1 aromatic carbocycles. The molecule has 0 aliphatic heterocycles. The Kier molecular flexibility index (Phi) is 4.39. The Morgan fingerprint density at radius 2 is 2.10 bits per heavy atom. The van der Waals surface area contributed by atoms with Gasteiger partial charge in [0, 0.05) is 15.6 Å². The number of nitrogens with two attached hydrogens (primary N) is 1. The monoisotopic (exact) mass is 310 g/mol. The molecular formula is C13H11ClN2O3S. The Hall–Kier alpha value is -1.89. The van der Waals surface area contributed by atoms with Crippen molar-refractivity contribution in [2.75, 3.05) is 5.32 Å². The first-order chi connectivity index (χ1) is 9.47. The number of thiophene rings is 1. The number of halogens is 1. The van der Waals surface area contributed by atoms with Crippen molar-refractivity contribution < 1.29 is 14.7 Å². The Bertz CT molecular complexity index is 643. The lowest BCUT2D eigenvalue weighted by atomic mass is 10.2. The molecule has 0 bridgehead atoms. The lowest BCUT2D eigenvalue weighted by Crippen LogP contribution is -2.27. The summed E-state index contributed by atoms with van der Waals surface area (Å²) in [6.07, 6.45) is 0. The van der Waals surface area contributed by atoms with E-state index in [1.165, 1.54) is 29.5 Å². The minimum absolute atomic E-state index is 0.00232. The zero-order valence-electron chi connectivity index (χ0n) is 10.2. The molecule has 20 heavy (non-hydrogen) atoms. The number of benzene rings is 1. The van der Waals surface area contributed by atoms with E-state index >= 15 is 0 Å². The summed E-state index contributed by atoms with van der Waals surface area (Å²) in [5.74, 6) is -1.54. The van der Waals surface area contributed by atoms with Gasteiger partial charge in [-0.05, 0) is 29.6 Å². The van der Waals surface area contributed by atoms with E-state index in [9.17, 15) is 9.59 Å². The van der Waals surface area contributed by atoms with Crippen LogP contribution in [0.5, 0.6) is 0 Å². The smallest absolute Gasteiger partial charge is 0.335 e. The van der Waals surface area contributed by atoms with E-state index in [0.717, 1.165) is 4.88 Å². The van der Waals surface area contributed by atoms with Crippen LogP contribution >= 0.6 is 22.9 Å². The Morgan fingerprint density at radius 1 is 1.35 bits per heavy atom. The number of nitrogens with one attached hydrogen (secondary N) is 1. The molecule has 7 heteroatoms. The van der Waals surface area contributed by atoms with Crippen molar-refractivity contribution in [3.63, 3.8) is 0 Å². The summed E-state index contributed by atoms with van der Waals surface area (Å²) in [5.41, 5.74) is 6.11. The third-order valence-electron chi connectivity index (χ3n) is 2.54. The van der Waals surface area contributed by atoms with Gasteiger partial charge in [-0.25, -0.2) is 4.79 Å². The van der Waals surface area contributed by atoms with Gasteiger partial charge in [0.25, 0.3) is 0 Å². The third kappa shape index (κ3) is 3.36. The van der Waals surface area contributed by atoms with Gasteiger partial charge in [0.05, 0.1) is 5.56 Å². The van der Waals surface area contributed by atoms with Gasteiger partial charge in [-0.1, -0.05) is 17.7 Å². The summed E-state index contributed by atoms with van der Waals surface area (Å²) in [7, 11) is 0. The van der Waals surface area contributed by atoms with Crippen molar-refractivity contribution >= 4 is 40.5 Å². The molecule has 2 aromatic rings. The average molecular weight is 311 g/mol. The van der Waals surface area contributed by atoms with Crippen LogP contribution in [0.2, 0.25) is 5.02 Å². The number of carbonyl (C=O) groups is 2. The summed E-state index contributed by atoms with van der Waals surface area (Å²) in [4.78, 5) is 23.6. The van der Waals surface area contributed by atoms with Gasteiger partial charge in [0.1, 0.15) is 6.04 Å². The molecule has 0 saturated heterocycles. The van der Waals surface area contributed by atoms with Crippen molar-refractivity contribution in [3.05, 3.63) is 51.2 Å². The summed E-state index contributed by atoms with van der Waals surface area (Å²) in [6.45, 7) is 0. The largest absolute Gasteiger partial charge is 0.478 e. The second-order valence-electron chi connectivity index (χ2n) is 4.02. The standard InChI is InChI=1S/C13H11ClN2O3S/c14-8-4-7(13(18)19)5-9(6-8)16-12(17)11(15)10-2-1-3-20-10/h1-6,11H,15H2,(H,16,17)(H,18,19). The minimum Gasteiger partial charge on any atom is -0.478 e. The molecule has 0 aliphatic carbocycles. The Labute approximate surface area is 124 Å². The number of carboxylic acids is 1. The first-order valence-electron chi connectivity index (χ1n) is 5.61. The van der Waals surface area contributed by atoms with Gasteiger partial charge in [0.15, 0.2) is 0 Å². The average Bonchev–Trinajstić information content (AvgIpc) is 2.90. The fourth-order valence-electron chi connectivity index (χ4n) is 1.60. The quantitative estimate of drug-likeness (QED) is 0.809. The van der Waals surface area contributed by atoms with Gasteiger partial charge >= 0.3 is 5.97 Å². The number of amides is 1. The van der Waals surface area contributed by atoms with E-state index in [1.54, 1.807) is 12.1 Å². The molecule has 0 saturated carbocycles. The summed E-state index contributed by atoms with van der Waals surface area (Å²) in [6, 6.07) is 6.85. The zero-order valence-corrected chi connectivity index (χ0v) is 11.7.